The largest absolute Gasteiger partial charge is 0.441 e. The molecule has 0 bridgehead atoms. The van der Waals surface area contributed by atoms with Gasteiger partial charge in [-0.2, -0.15) is 0 Å². The van der Waals surface area contributed by atoms with E-state index in [4.69, 9.17) is 10.2 Å². The fraction of sp³-hybridized carbons (Fsp3) is 0.158. The number of rotatable bonds is 3. The van der Waals surface area contributed by atoms with E-state index in [0.29, 0.717) is 11.6 Å². The number of aryl methyl sites for hydroxylation is 2. The van der Waals surface area contributed by atoms with Crippen LogP contribution < -0.4 is 16.6 Å². The van der Waals surface area contributed by atoms with Gasteiger partial charge in [0.05, 0.1) is 22.5 Å². The lowest BCUT2D eigenvalue weighted by Crippen LogP contribution is -2.24. The lowest BCUT2D eigenvalue weighted by Gasteiger charge is -2.12. The van der Waals surface area contributed by atoms with E-state index in [9.17, 15) is 14.4 Å². The van der Waals surface area contributed by atoms with Crippen LogP contribution in [0.3, 0.4) is 0 Å². The summed E-state index contributed by atoms with van der Waals surface area (Å²) in [6, 6.07) is 7.98. The van der Waals surface area contributed by atoms with Crippen LogP contribution in [-0.2, 0) is 6.42 Å². The molecule has 3 N–H and O–H groups in total. The number of oxazole rings is 1. The summed E-state index contributed by atoms with van der Waals surface area (Å²) in [5.41, 5.74) is 7.66. The number of hydrogen-bond acceptors (Lipinski definition) is 6. The van der Waals surface area contributed by atoms with E-state index in [-0.39, 0.29) is 16.9 Å². The standard InChI is InChI=1S/C19H16N4O4/c1-3-13-9(2)27-19(21-13)10-4-6-11(7-5-10)23-14(24)8-12-15(16(23)20)18(26)22-17(12)25/h4-8H,3,20H2,1-2H3,(H,22,25,26). The molecular weight excluding hydrogens is 348 g/mol. The Bertz CT molecular complexity index is 1160. The number of nitrogens with two attached hydrogens (primary N) is 1. The minimum atomic E-state index is -0.618. The van der Waals surface area contributed by atoms with E-state index in [1.54, 1.807) is 24.3 Å². The smallest absolute Gasteiger partial charge is 0.262 e. The van der Waals surface area contributed by atoms with Gasteiger partial charge in [-0.05, 0) is 37.6 Å². The van der Waals surface area contributed by atoms with Gasteiger partial charge in [-0.15, -0.1) is 0 Å². The van der Waals surface area contributed by atoms with Crippen molar-refractivity contribution in [3.63, 3.8) is 0 Å². The first kappa shape index (κ1) is 16.8. The molecule has 0 spiro atoms. The van der Waals surface area contributed by atoms with E-state index < -0.39 is 17.4 Å². The molecular formula is C19H16N4O4. The van der Waals surface area contributed by atoms with E-state index in [0.717, 1.165) is 29.5 Å². The van der Waals surface area contributed by atoms with Crippen LogP contribution >= 0.6 is 0 Å². The molecule has 4 rings (SSSR count). The number of aromatic nitrogens is 2. The first-order valence-electron chi connectivity index (χ1n) is 8.39. The van der Waals surface area contributed by atoms with E-state index in [1.807, 2.05) is 13.8 Å². The Labute approximate surface area is 153 Å². The van der Waals surface area contributed by atoms with Crippen molar-refractivity contribution in [2.45, 2.75) is 20.3 Å². The average molecular weight is 364 g/mol. The normalized spacial score (nSPS) is 13.0. The van der Waals surface area contributed by atoms with Crippen molar-refractivity contribution in [1.29, 1.82) is 0 Å². The van der Waals surface area contributed by atoms with Crippen LogP contribution in [0, 0.1) is 6.92 Å². The van der Waals surface area contributed by atoms with Gasteiger partial charge < -0.3 is 10.2 Å². The second kappa shape index (κ2) is 5.94. The second-order valence-electron chi connectivity index (χ2n) is 6.20. The summed E-state index contributed by atoms with van der Waals surface area (Å²) in [6.45, 7) is 3.86. The number of carbonyl (C=O) groups excluding carboxylic acids is 2. The zero-order chi connectivity index (χ0) is 19.3. The van der Waals surface area contributed by atoms with Crippen molar-refractivity contribution < 1.29 is 14.0 Å². The molecule has 1 aliphatic heterocycles. The highest BCUT2D eigenvalue weighted by atomic mass is 16.4. The molecule has 3 heterocycles. The van der Waals surface area contributed by atoms with Crippen LogP contribution in [0.25, 0.3) is 17.1 Å². The predicted octanol–water partition coefficient (Wildman–Crippen LogP) is 1.83. The Kier molecular flexibility index (Phi) is 3.69. The lowest BCUT2D eigenvalue weighted by molar-refractivity contribution is 0.0880. The number of benzene rings is 1. The van der Waals surface area contributed by atoms with Crippen molar-refractivity contribution in [2.24, 2.45) is 0 Å². The molecule has 1 aliphatic rings. The molecule has 0 aliphatic carbocycles. The average Bonchev–Trinajstić information content (AvgIpc) is 3.15. The van der Waals surface area contributed by atoms with Crippen LogP contribution in [0.15, 0.2) is 39.5 Å². The Balaban J connectivity index is 1.79. The number of imide groups is 1. The van der Waals surface area contributed by atoms with Crippen molar-refractivity contribution in [2.75, 3.05) is 5.73 Å². The summed E-state index contributed by atoms with van der Waals surface area (Å²) in [4.78, 5) is 40.6. The van der Waals surface area contributed by atoms with Gasteiger partial charge in [0.1, 0.15) is 11.6 Å². The molecule has 8 heteroatoms. The van der Waals surface area contributed by atoms with E-state index in [2.05, 4.69) is 10.3 Å². The van der Waals surface area contributed by atoms with Crippen molar-refractivity contribution in [1.82, 2.24) is 14.9 Å². The van der Waals surface area contributed by atoms with Gasteiger partial charge in [0.2, 0.25) is 5.89 Å². The topological polar surface area (TPSA) is 120 Å². The third kappa shape index (κ3) is 2.53. The highest BCUT2D eigenvalue weighted by Crippen LogP contribution is 2.26. The van der Waals surface area contributed by atoms with Crippen molar-refractivity contribution in [3.8, 4) is 17.1 Å². The van der Waals surface area contributed by atoms with E-state index in [1.165, 1.54) is 4.57 Å². The Morgan fingerprint density at radius 2 is 1.85 bits per heavy atom. The fourth-order valence-electron chi connectivity index (χ4n) is 3.18. The van der Waals surface area contributed by atoms with Crippen molar-refractivity contribution >= 4 is 17.6 Å². The zero-order valence-corrected chi connectivity index (χ0v) is 14.7. The number of amides is 2. The number of anilines is 1. The highest BCUT2D eigenvalue weighted by molar-refractivity contribution is 6.23. The first-order valence-corrected chi connectivity index (χ1v) is 8.39. The molecule has 0 radical (unpaired) electrons. The minimum Gasteiger partial charge on any atom is -0.441 e. The SMILES string of the molecule is CCc1nc(-c2ccc(-n3c(N)c4c(cc3=O)C(=O)NC4=O)cc2)oc1C. The number of fused-ring (bicyclic) bond motifs is 1. The molecule has 0 unspecified atom stereocenters. The van der Waals surface area contributed by atoms with Crippen LogP contribution in [0.5, 0.6) is 0 Å². The summed E-state index contributed by atoms with van der Waals surface area (Å²) in [6.07, 6.45) is 0.773. The molecule has 0 fully saturated rings. The van der Waals surface area contributed by atoms with Gasteiger partial charge in [-0.25, -0.2) is 4.98 Å². The maximum atomic E-state index is 12.5. The summed E-state index contributed by atoms with van der Waals surface area (Å²) >= 11 is 0. The summed E-state index contributed by atoms with van der Waals surface area (Å²) in [7, 11) is 0. The number of hydrogen-bond donors (Lipinski definition) is 2. The van der Waals surface area contributed by atoms with Gasteiger partial charge in [0.15, 0.2) is 0 Å². The van der Waals surface area contributed by atoms with Crippen LogP contribution in [0.2, 0.25) is 0 Å². The molecule has 0 saturated carbocycles. The molecule has 0 saturated heterocycles. The summed E-state index contributed by atoms with van der Waals surface area (Å²) in [5.74, 6) is -0.0390. The van der Waals surface area contributed by atoms with Crippen LogP contribution in [0.1, 0.15) is 39.1 Å². The maximum absolute atomic E-state index is 12.5. The predicted molar refractivity (Wildman–Crippen MR) is 97.9 cm³/mol. The Hall–Kier alpha value is -3.68. The third-order valence-electron chi connectivity index (χ3n) is 4.55. The number of nitrogens with one attached hydrogen (secondary N) is 1. The minimum absolute atomic E-state index is 0.00211. The van der Waals surface area contributed by atoms with Gasteiger partial charge in [0, 0.05) is 11.6 Å². The quantitative estimate of drug-likeness (QED) is 0.684. The Morgan fingerprint density at radius 3 is 2.48 bits per heavy atom. The van der Waals surface area contributed by atoms with Gasteiger partial charge in [0.25, 0.3) is 17.4 Å². The summed E-state index contributed by atoms with van der Waals surface area (Å²) < 4.78 is 6.87. The number of nitrogen functional groups attached to an aromatic ring is 1. The Morgan fingerprint density at radius 1 is 1.15 bits per heavy atom. The summed E-state index contributed by atoms with van der Waals surface area (Å²) in [5, 5.41) is 2.14. The van der Waals surface area contributed by atoms with Gasteiger partial charge >= 0.3 is 0 Å². The van der Waals surface area contributed by atoms with Gasteiger partial charge in [-0.1, -0.05) is 6.92 Å². The third-order valence-corrected chi connectivity index (χ3v) is 4.55. The molecule has 3 aromatic rings. The fourth-order valence-corrected chi connectivity index (χ4v) is 3.18. The maximum Gasteiger partial charge on any atom is 0.262 e. The molecule has 27 heavy (non-hydrogen) atoms. The van der Waals surface area contributed by atoms with Crippen LogP contribution in [-0.4, -0.2) is 21.4 Å². The monoisotopic (exact) mass is 364 g/mol. The molecule has 2 amide bonds. The lowest BCUT2D eigenvalue weighted by atomic mass is 10.1. The van der Waals surface area contributed by atoms with Gasteiger partial charge in [-0.3, -0.25) is 24.3 Å². The van der Waals surface area contributed by atoms with E-state index >= 15 is 0 Å². The van der Waals surface area contributed by atoms with Crippen LogP contribution in [0.4, 0.5) is 5.82 Å². The number of carbonyl (C=O) groups is 2. The molecule has 136 valence electrons. The van der Waals surface area contributed by atoms with Crippen molar-refractivity contribution in [3.05, 3.63) is 63.3 Å². The molecule has 0 atom stereocenters. The molecule has 2 aromatic heterocycles. The molecule has 8 nitrogen and oxygen atoms in total. The zero-order valence-electron chi connectivity index (χ0n) is 14.7. The first-order chi connectivity index (χ1) is 12.9. The highest BCUT2D eigenvalue weighted by Gasteiger charge is 2.31. The molecule has 1 aromatic carbocycles. The number of pyridine rings is 1. The number of nitrogens with zero attached hydrogens (tertiary/aromatic N) is 2. The second-order valence-corrected chi connectivity index (χ2v) is 6.20.